The average molecular weight is 308 g/mol. The monoisotopic (exact) mass is 307 g/mol. The van der Waals surface area contributed by atoms with Crippen molar-refractivity contribution >= 4 is 29.0 Å². The van der Waals surface area contributed by atoms with E-state index in [-0.39, 0.29) is 10.9 Å². The number of carbonyl (C=O) groups is 1. The number of amides is 1. The van der Waals surface area contributed by atoms with Crippen molar-refractivity contribution in [1.82, 2.24) is 4.98 Å². The van der Waals surface area contributed by atoms with Crippen molar-refractivity contribution in [1.29, 1.82) is 0 Å². The second kappa shape index (κ2) is 6.54. The lowest BCUT2D eigenvalue weighted by Crippen LogP contribution is -2.13. The number of hydrogen-bond donors (Lipinski definition) is 2. The molecule has 110 valence electrons. The number of halogens is 2. The summed E-state index contributed by atoms with van der Waals surface area (Å²) >= 11 is 5.61. The number of pyridine rings is 1. The molecule has 1 heterocycles. The van der Waals surface area contributed by atoms with Crippen molar-refractivity contribution in [2.24, 2.45) is 0 Å². The second-order valence-corrected chi connectivity index (χ2v) is 4.83. The van der Waals surface area contributed by atoms with Crippen molar-refractivity contribution < 1.29 is 9.18 Å². The molecular formula is C15H15ClFN3O. The van der Waals surface area contributed by atoms with E-state index in [9.17, 15) is 9.18 Å². The summed E-state index contributed by atoms with van der Waals surface area (Å²) in [5, 5.41) is 5.56. The highest BCUT2D eigenvalue weighted by Gasteiger charge is 2.10. The topological polar surface area (TPSA) is 54.0 Å². The van der Waals surface area contributed by atoms with Crippen molar-refractivity contribution in [3.63, 3.8) is 0 Å². The first-order valence-electron chi connectivity index (χ1n) is 6.48. The van der Waals surface area contributed by atoms with Gasteiger partial charge in [0.05, 0.1) is 5.02 Å². The minimum Gasteiger partial charge on any atom is -0.373 e. The van der Waals surface area contributed by atoms with Gasteiger partial charge in [0.15, 0.2) is 0 Å². The molecule has 0 aliphatic carbocycles. The number of benzene rings is 1. The summed E-state index contributed by atoms with van der Waals surface area (Å²) in [6.45, 7) is 1.96. The van der Waals surface area contributed by atoms with Crippen LogP contribution in [0.3, 0.4) is 0 Å². The van der Waals surface area contributed by atoms with E-state index in [1.54, 1.807) is 25.2 Å². The molecule has 0 saturated carbocycles. The first-order valence-corrected chi connectivity index (χ1v) is 6.86. The zero-order valence-electron chi connectivity index (χ0n) is 11.7. The molecule has 1 aromatic heterocycles. The molecule has 1 aromatic carbocycles. The smallest absolute Gasteiger partial charge is 0.255 e. The molecule has 2 N–H and O–H groups in total. The third kappa shape index (κ3) is 3.70. The van der Waals surface area contributed by atoms with Gasteiger partial charge in [-0.2, -0.15) is 0 Å². The van der Waals surface area contributed by atoms with Gasteiger partial charge in [-0.15, -0.1) is 0 Å². The summed E-state index contributed by atoms with van der Waals surface area (Å²) in [4.78, 5) is 16.5. The highest BCUT2D eigenvalue weighted by molar-refractivity contribution is 6.30. The van der Waals surface area contributed by atoms with Crippen LogP contribution in [0.4, 0.5) is 15.9 Å². The molecule has 0 radical (unpaired) electrons. The number of aromatic nitrogens is 1. The van der Waals surface area contributed by atoms with Crippen LogP contribution in [0, 0.1) is 5.82 Å². The van der Waals surface area contributed by atoms with Crippen LogP contribution in [-0.4, -0.2) is 17.9 Å². The lowest BCUT2D eigenvalue weighted by molar-refractivity contribution is 0.102. The zero-order valence-corrected chi connectivity index (χ0v) is 12.5. The predicted molar refractivity (Wildman–Crippen MR) is 82.5 cm³/mol. The molecule has 1 amide bonds. The molecule has 4 nitrogen and oxygen atoms in total. The van der Waals surface area contributed by atoms with Crippen LogP contribution < -0.4 is 10.6 Å². The summed E-state index contributed by atoms with van der Waals surface area (Å²) in [5.74, 6) is -0.290. The number of nitrogens with one attached hydrogen (secondary N) is 2. The number of nitrogens with zero attached hydrogens (tertiary/aromatic N) is 1. The lowest BCUT2D eigenvalue weighted by atomic mass is 10.1. The van der Waals surface area contributed by atoms with E-state index >= 15 is 0 Å². The minimum atomic E-state index is -0.575. The molecule has 2 rings (SSSR count). The normalized spacial score (nSPS) is 10.3. The minimum absolute atomic E-state index is 0.0163. The summed E-state index contributed by atoms with van der Waals surface area (Å²) in [5.41, 5.74) is 1.61. The van der Waals surface area contributed by atoms with Gasteiger partial charge in [0.2, 0.25) is 0 Å². The first-order chi connectivity index (χ1) is 10.0. The zero-order chi connectivity index (χ0) is 15.4. The Morgan fingerprint density at radius 3 is 2.71 bits per heavy atom. The summed E-state index contributed by atoms with van der Waals surface area (Å²) < 4.78 is 13.4. The van der Waals surface area contributed by atoms with Crippen LogP contribution in [0.15, 0.2) is 30.3 Å². The molecule has 0 unspecified atom stereocenters. The van der Waals surface area contributed by atoms with E-state index in [1.165, 1.54) is 12.1 Å². The fourth-order valence-electron chi connectivity index (χ4n) is 1.81. The Labute approximate surface area is 127 Å². The van der Waals surface area contributed by atoms with Crippen LogP contribution in [0.5, 0.6) is 0 Å². The van der Waals surface area contributed by atoms with Crippen LogP contribution in [-0.2, 0) is 6.42 Å². The Bertz CT molecular complexity index is 654. The third-order valence-corrected chi connectivity index (χ3v) is 3.24. The molecule has 6 heteroatoms. The number of aryl methyl sites for hydroxylation is 1. The van der Waals surface area contributed by atoms with E-state index in [1.807, 2.05) is 6.92 Å². The largest absolute Gasteiger partial charge is 0.373 e. The van der Waals surface area contributed by atoms with Gasteiger partial charge < -0.3 is 10.6 Å². The number of carbonyl (C=O) groups excluding carboxylic acids is 1. The predicted octanol–water partition coefficient (Wildman–Crippen LogP) is 3.73. The van der Waals surface area contributed by atoms with Crippen LogP contribution in [0.1, 0.15) is 23.0 Å². The van der Waals surface area contributed by atoms with E-state index in [0.717, 1.165) is 5.69 Å². The van der Waals surface area contributed by atoms with Gasteiger partial charge in [-0.3, -0.25) is 4.79 Å². The highest BCUT2D eigenvalue weighted by Crippen LogP contribution is 2.20. The van der Waals surface area contributed by atoms with E-state index in [0.29, 0.717) is 23.5 Å². The van der Waals surface area contributed by atoms with Gasteiger partial charge in [-0.05, 0) is 36.8 Å². The summed E-state index contributed by atoms with van der Waals surface area (Å²) in [6, 6.07) is 7.48. The number of hydrogen-bond acceptors (Lipinski definition) is 3. The maximum Gasteiger partial charge on any atom is 0.255 e. The Morgan fingerprint density at radius 2 is 2.10 bits per heavy atom. The van der Waals surface area contributed by atoms with Crippen molar-refractivity contribution in [2.75, 3.05) is 17.7 Å². The Morgan fingerprint density at radius 1 is 1.33 bits per heavy atom. The maximum absolute atomic E-state index is 13.4. The first kappa shape index (κ1) is 15.3. The van der Waals surface area contributed by atoms with Gasteiger partial charge in [-0.25, -0.2) is 9.37 Å². The highest BCUT2D eigenvalue weighted by atomic mass is 35.5. The van der Waals surface area contributed by atoms with Crippen LogP contribution in [0.25, 0.3) is 0 Å². The standard InChI is InChI=1S/C15H15ClFN3O/c1-3-10-6-9(7-14(18-2)19-10)15(21)20-11-4-5-12(16)13(17)8-11/h4-8H,3H2,1-2H3,(H,18,19)(H,20,21). The number of anilines is 2. The molecule has 0 saturated heterocycles. The second-order valence-electron chi connectivity index (χ2n) is 4.42. The molecule has 0 fully saturated rings. The lowest BCUT2D eigenvalue weighted by Gasteiger charge is -2.09. The summed E-state index contributed by atoms with van der Waals surface area (Å²) in [6.07, 6.45) is 0.714. The van der Waals surface area contributed by atoms with Gasteiger partial charge >= 0.3 is 0 Å². The van der Waals surface area contributed by atoms with Crippen LogP contribution >= 0.6 is 11.6 Å². The maximum atomic E-state index is 13.4. The molecule has 2 aromatic rings. The number of rotatable bonds is 4. The van der Waals surface area contributed by atoms with Gasteiger partial charge in [-0.1, -0.05) is 18.5 Å². The average Bonchev–Trinajstić information content (AvgIpc) is 2.50. The van der Waals surface area contributed by atoms with Crippen LogP contribution in [0.2, 0.25) is 5.02 Å². The molecule has 21 heavy (non-hydrogen) atoms. The summed E-state index contributed by atoms with van der Waals surface area (Å²) in [7, 11) is 1.73. The van der Waals surface area contributed by atoms with Crippen molar-refractivity contribution in [3.8, 4) is 0 Å². The fourth-order valence-corrected chi connectivity index (χ4v) is 1.92. The molecule has 0 aliphatic heterocycles. The van der Waals surface area contributed by atoms with Gasteiger partial charge in [0.1, 0.15) is 11.6 Å². The Kier molecular flexibility index (Phi) is 4.75. The molecule has 0 bridgehead atoms. The Hall–Kier alpha value is -2.14. The molecule has 0 aliphatic rings. The quantitative estimate of drug-likeness (QED) is 0.905. The Balaban J connectivity index is 2.25. The van der Waals surface area contributed by atoms with Gasteiger partial charge in [0.25, 0.3) is 5.91 Å². The van der Waals surface area contributed by atoms with E-state index < -0.39 is 5.82 Å². The third-order valence-electron chi connectivity index (χ3n) is 2.94. The molecular weight excluding hydrogens is 293 g/mol. The van der Waals surface area contributed by atoms with Crippen molar-refractivity contribution in [3.05, 3.63) is 52.4 Å². The molecule has 0 atom stereocenters. The molecule has 0 spiro atoms. The van der Waals surface area contributed by atoms with E-state index in [4.69, 9.17) is 11.6 Å². The SMILES string of the molecule is CCc1cc(C(=O)Nc2ccc(Cl)c(F)c2)cc(NC)n1. The van der Waals surface area contributed by atoms with E-state index in [2.05, 4.69) is 15.6 Å². The fraction of sp³-hybridized carbons (Fsp3) is 0.200. The van der Waals surface area contributed by atoms with Gasteiger partial charge in [0, 0.05) is 24.0 Å². The van der Waals surface area contributed by atoms with Crippen molar-refractivity contribution in [2.45, 2.75) is 13.3 Å².